The highest BCUT2D eigenvalue weighted by molar-refractivity contribution is 7.89. The molecule has 2 aromatic rings. The number of aromatic nitrogens is 2. The molecule has 1 aromatic carbocycles. The normalized spacial score (nSPS) is 15.8. The highest BCUT2D eigenvalue weighted by Gasteiger charge is 2.23. The number of aromatic amines is 1. The van der Waals surface area contributed by atoms with Crippen molar-refractivity contribution >= 4 is 15.7 Å². The van der Waals surface area contributed by atoms with Crippen LogP contribution in [0, 0.1) is 0 Å². The summed E-state index contributed by atoms with van der Waals surface area (Å²) in [6, 6.07) is 5.19. The van der Waals surface area contributed by atoms with Crippen LogP contribution in [-0.4, -0.2) is 42.4 Å². The fraction of sp³-hybridized carbons (Fsp3) is 0.500. The maximum atomic E-state index is 12.9. The molecule has 1 aliphatic heterocycles. The van der Waals surface area contributed by atoms with E-state index in [4.69, 9.17) is 0 Å². The second-order valence-corrected chi connectivity index (χ2v) is 9.76. The fourth-order valence-electron chi connectivity index (χ4n) is 4.22. The quantitative estimate of drug-likeness (QED) is 0.731. The molecule has 0 bridgehead atoms. The van der Waals surface area contributed by atoms with Crippen LogP contribution >= 0.6 is 0 Å². The number of nitrogens with zero attached hydrogens (tertiary/aromatic N) is 2. The number of hydrogen-bond donors (Lipinski definition) is 2. The summed E-state index contributed by atoms with van der Waals surface area (Å²) in [6.45, 7) is 1.50. The fourth-order valence-corrected chi connectivity index (χ4v) is 5.48. The average Bonchev–Trinajstić information content (AvgIpc) is 3.18. The van der Waals surface area contributed by atoms with Gasteiger partial charge in [0, 0.05) is 43.6 Å². The highest BCUT2D eigenvalue weighted by Crippen LogP contribution is 2.26. The van der Waals surface area contributed by atoms with Crippen molar-refractivity contribution in [1.29, 1.82) is 0 Å². The number of rotatable bonds is 6. The Bertz CT molecular complexity index is 1150. The van der Waals surface area contributed by atoms with Gasteiger partial charge < -0.3 is 5.32 Å². The van der Waals surface area contributed by atoms with Gasteiger partial charge in [-0.1, -0.05) is 0 Å². The summed E-state index contributed by atoms with van der Waals surface area (Å²) in [5.74, 6) is 0. The molecule has 4 rings (SSSR count). The Labute approximate surface area is 169 Å². The first-order chi connectivity index (χ1) is 13.9. The Morgan fingerprint density at radius 1 is 1.14 bits per heavy atom. The van der Waals surface area contributed by atoms with E-state index in [2.05, 4.69) is 10.3 Å². The Morgan fingerprint density at radius 3 is 2.76 bits per heavy atom. The van der Waals surface area contributed by atoms with Crippen LogP contribution in [0.1, 0.15) is 36.1 Å². The Hall–Kier alpha value is -2.39. The van der Waals surface area contributed by atoms with Gasteiger partial charge in [-0.25, -0.2) is 17.5 Å². The molecule has 1 aromatic heterocycles. The Morgan fingerprint density at radius 2 is 1.93 bits per heavy atom. The zero-order valence-corrected chi connectivity index (χ0v) is 17.3. The van der Waals surface area contributed by atoms with Crippen molar-refractivity contribution in [2.75, 3.05) is 25.5 Å². The lowest BCUT2D eigenvalue weighted by Gasteiger charge is -2.21. The first-order valence-electron chi connectivity index (χ1n) is 10.1. The van der Waals surface area contributed by atoms with E-state index < -0.39 is 15.7 Å². The van der Waals surface area contributed by atoms with Gasteiger partial charge in [0.15, 0.2) is 0 Å². The van der Waals surface area contributed by atoms with Crippen molar-refractivity contribution < 1.29 is 8.42 Å². The summed E-state index contributed by atoms with van der Waals surface area (Å²) in [5, 5.41) is 3.23. The smallest absolute Gasteiger partial charge is 0.328 e. The maximum absolute atomic E-state index is 12.9. The lowest BCUT2D eigenvalue weighted by atomic mass is 9.97. The predicted octanol–water partition coefficient (Wildman–Crippen LogP) is 1.09. The summed E-state index contributed by atoms with van der Waals surface area (Å²) in [4.78, 5) is 27.0. The highest BCUT2D eigenvalue weighted by atomic mass is 32.2. The number of nitrogens with one attached hydrogen (secondary N) is 2. The van der Waals surface area contributed by atoms with Crippen LogP contribution in [0.3, 0.4) is 0 Å². The molecule has 2 aliphatic rings. The molecule has 2 heterocycles. The van der Waals surface area contributed by atoms with Gasteiger partial charge in [0.2, 0.25) is 10.0 Å². The summed E-state index contributed by atoms with van der Waals surface area (Å²) < 4.78 is 28.8. The van der Waals surface area contributed by atoms with Gasteiger partial charge >= 0.3 is 5.69 Å². The molecular formula is C20H26N4O4S. The molecular weight excluding hydrogens is 392 g/mol. The number of benzene rings is 1. The van der Waals surface area contributed by atoms with E-state index in [1.165, 1.54) is 4.31 Å². The molecule has 0 amide bonds. The van der Waals surface area contributed by atoms with Crippen molar-refractivity contribution in [2.45, 2.75) is 50.0 Å². The Balaban J connectivity index is 1.47. The monoisotopic (exact) mass is 418 g/mol. The lowest BCUT2D eigenvalue weighted by Crippen LogP contribution is -2.37. The van der Waals surface area contributed by atoms with Gasteiger partial charge in [0.25, 0.3) is 5.56 Å². The number of hydrogen-bond acceptors (Lipinski definition) is 5. The third kappa shape index (κ3) is 3.76. The lowest BCUT2D eigenvalue weighted by molar-refractivity contribution is 0.435. The van der Waals surface area contributed by atoms with Crippen LogP contribution in [0.2, 0.25) is 0 Å². The summed E-state index contributed by atoms with van der Waals surface area (Å²) in [5.41, 5.74) is 2.82. The van der Waals surface area contributed by atoms with E-state index in [1.807, 2.05) is 6.07 Å². The number of fused-ring (bicyclic) bond motifs is 2. The van der Waals surface area contributed by atoms with E-state index in [0.717, 1.165) is 42.8 Å². The molecule has 1 aliphatic carbocycles. The van der Waals surface area contributed by atoms with E-state index >= 15 is 0 Å². The van der Waals surface area contributed by atoms with Crippen molar-refractivity contribution in [3.8, 4) is 0 Å². The van der Waals surface area contributed by atoms with Crippen LogP contribution in [0.5, 0.6) is 0 Å². The van der Waals surface area contributed by atoms with E-state index in [9.17, 15) is 18.0 Å². The van der Waals surface area contributed by atoms with Gasteiger partial charge in [-0.2, -0.15) is 0 Å². The SMILES string of the molecule is CN(CCCn1c2c(c(=O)[nH]c1=O)CCCC2)S(=O)(=O)c1ccc2c(c1)CCN2. The van der Waals surface area contributed by atoms with Gasteiger partial charge in [0.1, 0.15) is 0 Å². The molecule has 8 nitrogen and oxygen atoms in total. The zero-order valence-electron chi connectivity index (χ0n) is 16.5. The van der Waals surface area contributed by atoms with Gasteiger partial charge in [-0.15, -0.1) is 0 Å². The molecule has 29 heavy (non-hydrogen) atoms. The summed E-state index contributed by atoms with van der Waals surface area (Å²) in [7, 11) is -2.03. The molecule has 0 saturated carbocycles. The zero-order chi connectivity index (χ0) is 20.6. The predicted molar refractivity (Wildman–Crippen MR) is 111 cm³/mol. The second-order valence-electron chi connectivity index (χ2n) is 7.72. The average molecular weight is 419 g/mol. The number of sulfonamides is 1. The van der Waals surface area contributed by atoms with E-state index in [-0.39, 0.29) is 12.1 Å². The molecule has 0 fully saturated rings. The Kier molecular flexibility index (Phi) is 5.35. The van der Waals surface area contributed by atoms with Crippen molar-refractivity contribution in [3.05, 3.63) is 55.9 Å². The topological polar surface area (TPSA) is 104 Å². The third-order valence-electron chi connectivity index (χ3n) is 5.85. The van der Waals surface area contributed by atoms with E-state index in [1.54, 1.807) is 23.7 Å². The van der Waals surface area contributed by atoms with Crippen LogP contribution in [0.4, 0.5) is 5.69 Å². The second kappa shape index (κ2) is 7.79. The van der Waals surface area contributed by atoms with Crippen molar-refractivity contribution in [3.63, 3.8) is 0 Å². The summed E-state index contributed by atoms with van der Waals surface area (Å²) >= 11 is 0. The minimum atomic E-state index is -3.59. The third-order valence-corrected chi connectivity index (χ3v) is 7.71. The van der Waals surface area contributed by atoms with Crippen LogP contribution in [-0.2, 0) is 35.8 Å². The van der Waals surface area contributed by atoms with Gasteiger partial charge in [-0.3, -0.25) is 14.3 Å². The minimum Gasteiger partial charge on any atom is -0.384 e. The molecule has 9 heteroatoms. The van der Waals surface area contributed by atoms with E-state index in [0.29, 0.717) is 36.3 Å². The molecule has 0 saturated heterocycles. The first kappa shape index (κ1) is 19.9. The van der Waals surface area contributed by atoms with Crippen LogP contribution in [0.15, 0.2) is 32.7 Å². The van der Waals surface area contributed by atoms with Gasteiger partial charge in [-0.05, 0) is 62.3 Å². The molecule has 0 atom stereocenters. The van der Waals surface area contributed by atoms with Gasteiger partial charge in [0.05, 0.1) is 4.90 Å². The molecule has 0 radical (unpaired) electrons. The van der Waals surface area contributed by atoms with Crippen molar-refractivity contribution in [2.24, 2.45) is 0 Å². The number of H-pyrrole nitrogens is 1. The molecule has 0 spiro atoms. The van der Waals surface area contributed by atoms with Crippen LogP contribution < -0.4 is 16.6 Å². The number of anilines is 1. The minimum absolute atomic E-state index is 0.285. The van der Waals surface area contributed by atoms with Crippen molar-refractivity contribution in [1.82, 2.24) is 13.9 Å². The maximum Gasteiger partial charge on any atom is 0.328 e. The molecule has 2 N–H and O–H groups in total. The molecule has 156 valence electrons. The summed E-state index contributed by atoms with van der Waals surface area (Å²) in [6.07, 6.45) is 4.62. The first-order valence-corrected chi connectivity index (χ1v) is 11.5. The standard InChI is InChI=1S/C20H26N4O4S/c1-23(29(27,28)15-7-8-17-14(13-15)9-10-21-17)11-4-12-24-18-6-3-2-5-16(18)19(25)22-20(24)26/h7-8,13,21H,2-6,9-12H2,1H3,(H,22,25,26). The van der Waals surface area contributed by atoms with Crippen LogP contribution in [0.25, 0.3) is 0 Å². The largest absolute Gasteiger partial charge is 0.384 e. The molecule has 0 unspecified atom stereocenters.